The molecule has 0 radical (unpaired) electrons. The first-order chi connectivity index (χ1) is 14.7. The van der Waals surface area contributed by atoms with Gasteiger partial charge >= 0.3 is 0 Å². The van der Waals surface area contributed by atoms with Crippen molar-refractivity contribution in [3.63, 3.8) is 0 Å². The third-order valence-electron chi connectivity index (χ3n) is 5.03. The Kier molecular flexibility index (Phi) is 6.74. The van der Waals surface area contributed by atoms with Crippen LogP contribution in [0.4, 0.5) is 11.5 Å². The molecule has 7 nitrogen and oxygen atoms in total. The van der Waals surface area contributed by atoms with E-state index in [0.717, 1.165) is 60.8 Å². The number of anilines is 2. The molecule has 4 rings (SSSR count). The number of carbonyl (C=O) groups excluding carboxylic acids is 1. The number of nitrogens with one attached hydrogen (secondary N) is 2. The second kappa shape index (κ2) is 9.84. The van der Waals surface area contributed by atoms with Crippen molar-refractivity contribution in [2.45, 2.75) is 13.0 Å². The zero-order valence-corrected chi connectivity index (χ0v) is 17.4. The average molecular weight is 426 g/mol. The van der Waals surface area contributed by atoms with Crippen LogP contribution in [0.2, 0.25) is 5.02 Å². The SMILES string of the molecule is O=C(CCN1CCOCC1)Nc1cccc(CNc2ncnc3cc(Cl)ccc23)c1. The maximum Gasteiger partial charge on any atom is 0.225 e. The second-order valence-electron chi connectivity index (χ2n) is 7.19. The third kappa shape index (κ3) is 5.44. The van der Waals surface area contributed by atoms with Crippen LogP contribution in [0.25, 0.3) is 10.9 Å². The molecule has 30 heavy (non-hydrogen) atoms. The molecule has 2 N–H and O–H groups in total. The maximum absolute atomic E-state index is 12.3. The molecular formula is C22H24ClN5O2. The Morgan fingerprint density at radius 1 is 1.13 bits per heavy atom. The van der Waals surface area contributed by atoms with Crippen molar-refractivity contribution < 1.29 is 9.53 Å². The van der Waals surface area contributed by atoms with Gasteiger partial charge in [-0.05, 0) is 35.9 Å². The first kappa shape index (κ1) is 20.5. The summed E-state index contributed by atoms with van der Waals surface area (Å²) in [5.74, 6) is 0.766. The number of nitrogens with zero attached hydrogens (tertiary/aromatic N) is 3. The largest absolute Gasteiger partial charge is 0.379 e. The molecule has 156 valence electrons. The molecule has 0 aliphatic carbocycles. The lowest BCUT2D eigenvalue weighted by atomic mass is 10.2. The lowest BCUT2D eigenvalue weighted by molar-refractivity contribution is -0.116. The Hall–Kier alpha value is -2.74. The number of rotatable bonds is 7. The van der Waals surface area contributed by atoms with E-state index in [-0.39, 0.29) is 5.91 Å². The lowest BCUT2D eigenvalue weighted by Gasteiger charge is -2.26. The number of aromatic nitrogens is 2. The number of benzene rings is 2. The number of fused-ring (bicyclic) bond motifs is 1. The van der Waals surface area contributed by atoms with E-state index in [1.165, 1.54) is 6.33 Å². The molecule has 0 unspecified atom stereocenters. The topological polar surface area (TPSA) is 79.4 Å². The fourth-order valence-electron chi connectivity index (χ4n) is 3.42. The van der Waals surface area contributed by atoms with Crippen LogP contribution >= 0.6 is 11.6 Å². The number of hydrogen-bond acceptors (Lipinski definition) is 6. The fraction of sp³-hybridized carbons (Fsp3) is 0.318. The highest BCUT2D eigenvalue weighted by Gasteiger charge is 2.12. The minimum atomic E-state index is 0.0188. The fourth-order valence-corrected chi connectivity index (χ4v) is 3.59. The van der Waals surface area contributed by atoms with Gasteiger partial charge in [0.05, 0.1) is 18.7 Å². The van der Waals surface area contributed by atoms with Crippen LogP contribution < -0.4 is 10.6 Å². The predicted octanol–water partition coefficient (Wildman–Crippen LogP) is 3.56. The zero-order chi connectivity index (χ0) is 20.8. The second-order valence-corrected chi connectivity index (χ2v) is 7.63. The normalized spacial score (nSPS) is 14.6. The Balaban J connectivity index is 1.34. The molecular weight excluding hydrogens is 402 g/mol. The molecule has 3 aromatic rings. The lowest BCUT2D eigenvalue weighted by Crippen LogP contribution is -2.38. The van der Waals surface area contributed by atoms with Gasteiger partial charge in [-0.1, -0.05) is 23.7 Å². The standard InChI is InChI=1S/C22H24ClN5O2/c23-17-4-5-19-20(13-17)25-15-26-22(19)24-14-16-2-1-3-18(12-16)27-21(29)6-7-28-8-10-30-11-9-28/h1-5,12-13,15H,6-11,14H2,(H,27,29)(H,24,25,26). The summed E-state index contributed by atoms with van der Waals surface area (Å²) in [6.07, 6.45) is 1.99. The van der Waals surface area contributed by atoms with Gasteiger partial charge in [0, 0.05) is 48.7 Å². The molecule has 2 heterocycles. The van der Waals surface area contributed by atoms with Gasteiger partial charge in [-0.25, -0.2) is 9.97 Å². The molecule has 0 atom stereocenters. The molecule has 8 heteroatoms. The van der Waals surface area contributed by atoms with Crippen LogP contribution in [-0.4, -0.2) is 53.6 Å². The van der Waals surface area contributed by atoms with Gasteiger partial charge in [-0.2, -0.15) is 0 Å². The van der Waals surface area contributed by atoms with Gasteiger partial charge in [0.15, 0.2) is 0 Å². The van der Waals surface area contributed by atoms with Gasteiger partial charge in [0.25, 0.3) is 0 Å². The number of ether oxygens (including phenoxy) is 1. The Labute approximate surface area is 180 Å². The summed E-state index contributed by atoms with van der Waals surface area (Å²) in [5, 5.41) is 7.89. The van der Waals surface area contributed by atoms with E-state index in [4.69, 9.17) is 16.3 Å². The van der Waals surface area contributed by atoms with E-state index >= 15 is 0 Å². The molecule has 1 saturated heterocycles. The summed E-state index contributed by atoms with van der Waals surface area (Å²) in [6.45, 7) is 4.58. The molecule has 1 aliphatic heterocycles. The summed E-state index contributed by atoms with van der Waals surface area (Å²) in [5.41, 5.74) is 2.63. The van der Waals surface area contributed by atoms with E-state index in [0.29, 0.717) is 18.0 Å². The number of halogens is 1. The summed E-state index contributed by atoms with van der Waals surface area (Å²) in [7, 11) is 0. The average Bonchev–Trinajstić information content (AvgIpc) is 2.77. The summed E-state index contributed by atoms with van der Waals surface area (Å²) < 4.78 is 5.34. The van der Waals surface area contributed by atoms with Crippen molar-refractivity contribution >= 4 is 39.9 Å². The molecule has 1 aliphatic rings. The maximum atomic E-state index is 12.3. The Morgan fingerprint density at radius 2 is 2.00 bits per heavy atom. The quantitative estimate of drug-likeness (QED) is 0.602. The minimum absolute atomic E-state index is 0.0188. The van der Waals surface area contributed by atoms with Crippen molar-refractivity contribution in [3.8, 4) is 0 Å². The van der Waals surface area contributed by atoms with Gasteiger partial charge in [0.2, 0.25) is 5.91 Å². The highest BCUT2D eigenvalue weighted by Crippen LogP contribution is 2.23. The minimum Gasteiger partial charge on any atom is -0.379 e. The van der Waals surface area contributed by atoms with Gasteiger partial charge in [-0.15, -0.1) is 0 Å². The van der Waals surface area contributed by atoms with Gasteiger partial charge < -0.3 is 15.4 Å². The van der Waals surface area contributed by atoms with Crippen LogP contribution in [-0.2, 0) is 16.1 Å². The van der Waals surface area contributed by atoms with Crippen molar-refractivity contribution in [2.24, 2.45) is 0 Å². The van der Waals surface area contributed by atoms with Crippen molar-refractivity contribution in [3.05, 3.63) is 59.4 Å². The molecule has 0 bridgehead atoms. The van der Waals surface area contributed by atoms with E-state index in [1.54, 1.807) is 0 Å². The zero-order valence-electron chi connectivity index (χ0n) is 16.6. The summed E-state index contributed by atoms with van der Waals surface area (Å²) in [4.78, 5) is 23.2. The Morgan fingerprint density at radius 3 is 2.87 bits per heavy atom. The first-order valence-electron chi connectivity index (χ1n) is 10.0. The summed E-state index contributed by atoms with van der Waals surface area (Å²) >= 11 is 6.05. The Bertz CT molecular complexity index is 1020. The predicted molar refractivity (Wildman–Crippen MR) is 119 cm³/mol. The monoisotopic (exact) mass is 425 g/mol. The number of hydrogen-bond donors (Lipinski definition) is 2. The molecule has 0 spiro atoms. The third-order valence-corrected chi connectivity index (χ3v) is 5.26. The van der Waals surface area contributed by atoms with E-state index in [2.05, 4.69) is 25.5 Å². The van der Waals surface area contributed by atoms with Gasteiger partial charge in [-0.3, -0.25) is 9.69 Å². The van der Waals surface area contributed by atoms with Crippen LogP contribution in [0, 0.1) is 0 Å². The van der Waals surface area contributed by atoms with E-state index in [9.17, 15) is 4.79 Å². The first-order valence-corrected chi connectivity index (χ1v) is 10.4. The van der Waals surface area contributed by atoms with Crippen LogP contribution in [0.5, 0.6) is 0 Å². The number of morpholine rings is 1. The van der Waals surface area contributed by atoms with Crippen LogP contribution in [0.3, 0.4) is 0 Å². The van der Waals surface area contributed by atoms with Crippen molar-refractivity contribution in [1.82, 2.24) is 14.9 Å². The molecule has 1 aromatic heterocycles. The molecule has 0 saturated carbocycles. The van der Waals surface area contributed by atoms with Crippen molar-refractivity contribution in [2.75, 3.05) is 43.5 Å². The van der Waals surface area contributed by atoms with Crippen LogP contribution in [0.1, 0.15) is 12.0 Å². The molecule has 1 amide bonds. The molecule has 1 fully saturated rings. The highest BCUT2D eigenvalue weighted by molar-refractivity contribution is 6.31. The summed E-state index contributed by atoms with van der Waals surface area (Å²) in [6, 6.07) is 13.4. The molecule has 2 aromatic carbocycles. The number of carbonyl (C=O) groups is 1. The van der Waals surface area contributed by atoms with Crippen molar-refractivity contribution in [1.29, 1.82) is 0 Å². The van der Waals surface area contributed by atoms with Gasteiger partial charge in [0.1, 0.15) is 12.1 Å². The highest BCUT2D eigenvalue weighted by atomic mass is 35.5. The number of amides is 1. The smallest absolute Gasteiger partial charge is 0.225 e. The van der Waals surface area contributed by atoms with E-state index < -0.39 is 0 Å². The van der Waals surface area contributed by atoms with E-state index in [1.807, 2.05) is 42.5 Å². The van der Waals surface area contributed by atoms with Crippen LogP contribution in [0.15, 0.2) is 48.8 Å².